The lowest BCUT2D eigenvalue weighted by atomic mass is 10.0. The molecule has 1 aromatic carbocycles. The Morgan fingerprint density at radius 2 is 1.85 bits per heavy atom. The number of anilines is 1. The summed E-state index contributed by atoms with van der Waals surface area (Å²) in [5, 5.41) is -0.589. The van der Waals surface area contributed by atoms with Crippen LogP contribution in [0.15, 0.2) is 23.1 Å². The highest BCUT2D eigenvalue weighted by Crippen LogP contribution is 2.43. The quantitative estimate of drug-likeness (QED) is 0.852. The van der Waals surface area contributed by atoms with E-state index in [0.717, 1.165) is 5.56 Å². The van der Waals surface area contributed by atoms with E-state index in [-0.39, 0.29) is 4.90 Å². The Morgan fingerprint density at radius 3 is 2.35 bits per heavy atom. The van der Waals surface area contributed by atoms with Gasteiger partial charge in [0.25, 0.3) is 0 Å². The van der Waals surface area contributed by atoms with E-state index >= 15 is 0 Å². The summed E-state index contributed by atoms with van der Waals surface area (Å²) in [6.45, 7) is 9.36. The van der Waals surface area contributed by atoms with Gasteiger partial charge in [0.1, 0.15) is 0 Å². The number of nitrogen functional groups attached to an aromatic ring is 1. The molecule has 0 amide bonds. The molecule has 0 spiro atoms. The van der Waals surface area contributed by atoms with Gasteiger partial charge >= 0.3 is 0 Å². The van der Waals surface area contributed by atoms with E-state index in [9.17, 15) is 8.42 Å². The highest BCUT2D eigenvalue weighted by molar-refractivity contribution is 7.92. The Hall–Kier alpha value is -1.07. The minimum Gasteiger partial charge on any atom is -0.398 e. The number of nitrogens with two attached hydrogens (primary N) is 1. The molecular weight excluding hydrogens is 274 g/mol. The predicted molar refractivity (Wildman–Crippen MR) is 80.4 cm³/mol. The van der Waals surface area contributed by atoms with Crippen LogP contribution >= 0.6 is 0 Å². The topological polar surface area (TPSA) is 69.4 Å². The molecule has 1 saturated heterocycles. The van der Waals surface area contributed by atoms with Crippen LogP contribution in [0.1, 0.15) is 39.7 Å². The molecule has 1 heterocycles. The summed E-state index contributed by atoms with van der Waals surface area (Å²) in [5.74, 6) is 0. The van der Waals surface area contributed by atoms with Crippen molar-refractivity contribution in [3.63, 3.8) is 0 Å². The molecule has 1 fully saturated rings. The van der Waals surface area contributed by atoms with Crippen LogP contribution in [0, 0.1) is 6.92 Å². The monoisotopic (exact) mass is 297 g/mol. The summed E-state index contributed by atoms with van der Waals surface area (Å²) >= 11 is 0. The number of rotatable bonds is 2. The van der Waals surface area contributed by atoms with Crippen LogP contribution in [0.3, 0.4) is 0 Å². The first-order valence-corrected chi connectivity index (χ1v) is 8.30. The number of ether oxygens (including phenoxy) is 1. The van der Waals surface area contributed by atoms with Gasteiger partial charge < -0.3 is 10.5 Å². The molecule has 1 unspecified atom stereocenters. The zero-order valence-corrected chi connectivity index (χ0v) is 13.5. The predicted octanol–water partition coefficient (Wildman–Crippen LogP) is 2.70. The van der Waals surface area contributed by atoms with Crippen molar-refractivity contribution in [3.8, 4) is 0 Å². The van der Waals surface area contributed by atoms with Gasteiger partial charge in [0.2, 0.25) is 0 Å². The molecule has 0 bridgehead atoms. The molecule has 1 aliphatic heterocycles. The average Bonchev–Trinajstić information content (AvgIpc) is 2.50. The molecule has 112 valence electrons. The van der Waals surface area contributed by atoms with E-state index in [4.69, 9.17) is 10.5 Å². The molecular formula is C15H23NO3S. The number of aryl methyl sites for hydroxylation is 1. The van der Waals surface area contributed by atoms with E-state index < -0.39 is 26.3 Å². The molecule has 4 nitrogen and oxygen atoms in total. The van der Waals surface area contributed by atoms with Crippen LogP contribution in [-0.2, 0) is 14.6 Å². The molecule has 0 saturated carbocycles. The first-order valence-electron chi connectivity index (χ1n) is 6.76. The van der Waals surface area contributed by atoms with Crippen molar-refractivity contribution in [1.29, 1.82) is 0 Å². The summed E-state index contributed by atoms with van der Waals surface area (Å²) in [6.07, 6.45) is 0.468. The van der Waals surface area contributed by atoms with Gasteiger partial charge in [-0.05, 0) is 58.7 Å². The zero-order chi connectivity index (χ0) is 15.3. The Labute approximate surface area is 121 Å². The number of hydrogen-bond acceptors (Lipinski definition) is 4. The lowest BCUT2D eigenvalue weighted by molar-refractivity contribution is -0.0635. The molecule has 0 aliphatic carbocycles. The number of benzene rings is 1. The third-order valence-electron chi connectivity index (χ3n) is 3.84. The van der Waals surface area contributed by atoms with Crippen LogP contribution in [0.2, 0.25) is 0 Å². The van der Waals surface area contributed by atoms with Crippen molar-refractivity contribution in [2.75, 3.05) is 5.73 Å². The van der Waals surface area contributed by atoms with E-state index in [1.54, 1.807) is 12.1 Å². The molecule has 5 heteroatoms. The zero-order valence-electron chi connectivity index (χ0n) is 12.7. The van der Waals surface area contributed by atoms with Gasteiger partial charge in [-0.15, -0.1) is 0 Å². The van der Waals surface area contributed by atoms with Gasteiger partial charge in [-0.3, -0.25) is 0 Å². The highest BCUT2D eigenvalue weighted by atomic mass is 32.2. The van der Waals surface area contributed by atoms with Crippen molar-refractivity contribution in [2.45, 2.75) is 62.4 Å². The number of sulfone groups is 1. The molecule has 0 aromatic heterocycles. The summed E-state index contributed by atoms with van der Waals surface area (Å²) in [4.78, 5) is 0.219. The highest BCUT2D eigenvalue weighted by Gasteiger charge is 2.52. The molecule has 1 atom stereocenters. The van der Waals surface area contributed by atoms with Crippen molar-refractivity contribution < 1.29 is 13.2 Å². The van der Waals surface area contributed by atoms with Gasteiger partial charge in [0.15, 0.2) is 9.84 Å². The molecule has 1 aliphatic rings. The van der Waals surface area contributed by atoms with E-state index in [0.29, 0.717) is 12.1 Å². The maximum atomic E-state index is 13.0. The second-order valence-corrected chi connectivity index (χ2v) is 8.84. The molecule has 20 heavy (non-hydrogen) atoms. The van der Waals surface area contributed by atoms with Crippen molar-refractivity contribution in [2.24, 2.45) is 0 Å². The Morgan fingerprint density at radius 1 is 1.25 bits per heavy atom. The van der Waals surface area contributed by atoms with Gasteiger partial charge in [-0.1, -0.05) is 6.07 Å². The molecule has 0 radical (unpaired) electrons. The first kappa shape index (κ1) is 15.3. The fourth-order valence-corrected chi connectivity index (χ4v) is 5.51. The van der Waals surface area contributed by atoms with Crippen LogP contribution in [-0.4, -0.2) is 24.9 Å². The fraction of sp³-hybridized carbons (Fsp3) is 0.600. The van der Waals surface area contributed by atoms with Crippen LogP contribution < -0.4 is 5.73 Å². The van der Waals surface area contributed by atoms with Gasteiger partial charge in [0.05, 0.1) is 27.0 Å². The van der Waals surface area contributed by atoms with Crippen molar-refractivity contribution in [3.05, 3.63) is 23.8 Å². The van der Waals surface area contributed by atoms with Gasteiger partial charge in [-0.25, -0.2) is 8.42 Å². The minimum atomic E-state index is -3.52. The van der Waals surface area contributed by atoms with E-state index in [1.807, 2.05) is 40.7 Å². The van der Waals surface area contributed by atoms with E-state index in [2.05, 4.69) is 0 Å². The first-order chi connectivity index (χ1) is 8.96. The smallest absolute Gasteiger partial charge is 0.186 e. The average molecular weight is 297 g/mol. The summed E-state index contributed by atoms with van der Waals surface area (Å²) in [5.41, 5.74) is 5.90. The summed E-state index contributed by atoms with van der Waals surface area (Å²) < 4.78 is 31.8. The van der Waals surface area contributed by atoms with E-state index in [1.165, 1.54) is 0 Å². The largest absolute Gasteiger partial charge is 0.398 e. The van der Waals surface area contributed by atoms with Crippen molar-refractivity contribution in [1.82, 2.24) is 0 Å². The maximum absolute atomic E-state index is 13.0. The minimum absolute atomic E-state index is 0.219. The third-order valence-corrected chi connectivity index (χ3v) is 6.29. The summed E-state index contributed by atoms with van der Waals surface area (Å²) in [6, 6.07) is 5.11. The SMILES string of the molecule is Cc1ccc(N)c(S(=O)(=O)C2CC(C)(C)OC2(C)C)c1. The van der Waals surface area contributed by atoms with Crippen LogP contribution in [0.25, 0.3) is 0 Å². The lowest BCUT2D eigenvalue weighted by Gasteiger charge is -2.27. The lowest BCUT2D eigenvalue weighted by Crippen LogP contribution is -2.38. The van der Waals surface area contributed by atoms with Crippen LogP contribution in [0.4, 0.5) is 5.69 Å². The normalized spacial score (nSPS) is 24.8. The maximum Gasteiger partial charge on any atom is 0.186 e. The standard InChI is InChI=1S/C15H23NO3S/c1-10-6-7-11(16)12(8-10)20(17,18)13-9-14(2,3)19-15(13,4)5/h6-8,13H,9,16H2,1-5H3. The van der Waals surface area contributed by atoms with Crippen molar-refractivity contribution >= 4 is 15.5 Å². The van der Waals surface area contributed by atoms with Gasteiger partial charge in [0, 0.05) is 0 Å². The Kier molecular flexibility index (Phi) is 3.42. The molecule has 2 rings (SSSR count). The second kappa shape index (κ2) is 4.46. The Balaban J connectivity index is 2.53. The third kappa shape index (κ3) is 2.56. The molecule has 2 N–H and O–H groups in total. The van der Waals surface area contributed by atoms with Gasteiger partial charge in [-0.2, -0.15) is 0 Å². The second-order valence-electron chi connectivity index (χ2n) is 6.74. The molecule has 1 aromatic rings. The summed E-state index contributed by atoms with van der Waals surface area (Å²) in [7, 11) is -3.52. The van der Waals surface area contributed by atoms with Crippen LogP contribution in [0.5, 0.6) is 0 Å². The fourth-order valence-electron chi connectivity index (χ4n) is 3.04. The Bertz CT molecular complexity index is 633. The number of hydrogen-bond donors (Lipinski definition) is 1.